The molecule has 0 aliphatic carbocycles. The molecule has 0 aliphatic rings. The second-order valence-corrected chi connectivity index (χ2v) is 5.10. The lowest BCUT2D eigenvalue weighted by Gasteiger charge is -2.12. The van der Waals surface area contributed by atoms with Crippen molar-refractivity contribution in [2.45, 2.75) is 33.2 Å². The Bertz CT molecular complexity index is 495. The molecule has 18 heavy (non-hydrogen) atoms. The van der Waals surface area contributed by atoms with Crippen molar-refractivity contribution in [1.82, 2.24) is 9.88 Å². The zero-order valence-electron chi connectivity index (χ0n) is 11.7. The minimum absolute atomic E-state index is 0.806. The number of fused-ring (bicyclic) bond motifs is 1. The van der Waals surface area contributed by atoms with Gasteiger partial charge in [-0.2, -0.15) is 0 Å². The summed E-state index contributed by atoms with van der Waals surface area (Å²) in [6, 6.07) is 8.61. The fourth-order valence-corrected chi connectivity index (χ4v) is 2.55. The summed E-state index contributed by atoms with van der Waals surface area (Å²) < 4.78 is 2.21. The molecule has 1 aromatic carbocycles. The Hall–Kier alpha value is -1.28. The van der Waals surface area contributed by atoms with Crippen molar-refractivity contribution < 1.29 is 0 Å². The van der Waals surface area contributed by atoms with E-state index in [1.54, 1.807) is 0 Å². The minimum Gasteiger partial charge on any atom is -0.350 e. The second kappa shape index (κ2) is 6.05. The van der Waals surface area contributed by atoms with E-state index < -0.39 is 0 Å². The van der Waals surface area contributed by atoms with Gasteiger partial charge >= 0.3 is 0 Å². The summed E-state index contributed by atoms with van der Waals surface area (Å²) in [5.41, 5.74) is 2.72. The minimum atomic E-state index is 0.806. The first-order valence-corrected chi connectivity index (χ1v) is 6.99. The molecule has 1 N–H and O–H groups in total. The molecule has 0 bridgehead atoms. The molecule has 0 unspecified atom stereocenters. The summed E-state index contributed by atoms with van der Waals surface area (Å²) in [4.78, 5) is 0. The van der Waals surface area contributed by atoms with Gasteiger partial charge in [0, 0.05) is 30.7 Å². The SMILES string of the molecule is CCC(CC)CNCc1cn(C)c2ccccc12. The third kappa shape index (κ3) is 2.75. The maximum Gasteiger partial charge on any atom is 0.0481 e. The van der Waals surface area contributed by atoms with Gasteiger partial charge in [0.1, 0.15) is 0 Å². The van der Waals surface area contributed by atoms with Gasteiger partial charge in [0.25, 0.3) is 0 Å². The van der Waals surface area contributed by atoms with E-state index in [1.807, 2.05) is 0 Å². The summed E-state index contributed by atoms with van der Waals surface area (Å²) in [6.07, 6.45) is 4.77. The quantitative estimate of drug-likeness (QED) is 0.819. The Balaban J connectivity index is 2.04. The Morgan fingerprint density at radius 1 is 1.17 bits per heavy atom. The van der Waals surface area contributed by atoms with E-state index in [1.165, 1.54) is 29.3 Å². The summed E-state index contributed by atoms with van der Waals surface area (Å²) in [5.74, 6) is 0.806. The molecule has 1 aromatic heterocycles. The van der Waals surface area contributed by atoms with E-state index in [9.17, 15) is 0 Å². The molecule has 0 fully saturated rings. The van der Waals surface area contributed by atoms with Gasteiger partial charge < -0.3 is 9.88 Å². The number of nitrogens with one attached hydrogen (secondary N) is 1. The average molecular weight is 244 g/mol. The zero-order valence-corrected chi connectivity index (χ0v) is 11.7. The van der Waals surface area contributed by atoms with Gasteiger partial charge in [0.15, 0.2) is 0 Å². The zero-order chi connectivity index (χ0) is 13.0. The lowest BCUT2D eigenvalue weighted by Crippen LogP contribution is -2.21. The number of hydrogen-bond donors (Lipinski definition) is 1. The van der Waals surface area contributed by atoms with Gasteiger partial charge in [0.2, 0.25) is 0 Å². The summed E-state index contributed by atoms with van der Waals surface area (Å²) in [6.45, 7) is 6.63. The van der Waals surface area contributed by atoms with Crippen molar-refractivity contribution in [2.75, 3.05) is 6.54 Å². The van der Waals surface area contributed by atoms with Crippen LogP contribution in [0.5, 0.6) is 0 Å². The monoisotopic (exact) mass is 244 g/mol. The van der Waals surface area contributed by atoms with E-state index in [0.29, 0.717) is 0 Å². The highest BCUT2D eigenvalue weighted by atomic mass is 14.9. The van der Waals surface area contributed by atoms with Gasteiger partial charge in [-0.05, 0) is 24.1 Å². The molecule has 0 saturated heterocycles. The molecular weight excluding hydrogens is 220 g/mol. The van der Waals surface area contributed by atoms with E-state index in [0.717, 1.165) is 19.0 Å². The van der Waals surface area contributed by atoms with Crippen molar-refractivity contribution in [3.63, 3.8) is 0 Å². The Morgan fingerprint density at radius 2 is 1.89 bits per heavy atom. The molecule has 0 atom stereocenters. The number of para-hydroxylation sites is 1. The Kier molecular flexibility index (Phi) is 4.43. The van der Waals surface area contributed by atoms with Gasteiger partial charge in [-0.25, -0.2) is 0 Å². The fourth-order valence-electron chi connectivity index (χ4n) is 2.55. The fraction of sp³-hybridized carbons (Fsp3) is 0.500. The first-order valence-electron chi connectivity index (χ1n) is 6.99. The molecule has 0 radical (unpaired) electrons. The summed E-state index contributed by atoms with van der Waals surface area (Å²) in [7, 11) is 2.12. The smallest absolute Gasteiger partial charge is 0.0481 e. The van der Waals surface area contributed by atoms with E-state index in [4.69, 9.17) is 0 Å². The predicted octanol–water partition coefficient (Wildman–Crippen LogP) is 3.70. The van der Waals surface area contributed by atoms with Gasteiger partial charge in [0.05, 0.1) is 0 Å². The van der Waals surface area contributed by atoms with Crippen LogP contribution in [0.2, 0.25) is 0 Å². The van der Waals surface area contributed by atoms with Crippen LogP contribution in [0.15, 0.2) is 30.5 Å². The van der Waals surface area contributed by atoms with E-state index in [-0.39, 0.29) is 0 Å². The molecule has 0 spiro atoms. The third-order valence-corrected chi connectivity index (χ3v) is 3.88. The number of aromatic nitrogens is 1. The predicted molar refractivity (Wildman–Crippen MR) is 78.7 cm³/mol. The van der Waals surface area contributed by atoms with E-state index >= 15 is 0 Å². The van der Waals surface area contributed by atoms with Crippen LogP contribution in [0.4, 0.5) is 0 Å². The Labute approximate surface area is 110 Å². The number of aryl methyl sites for hydroxylation is 1. The van der Waals surface area contributed by atoms with Gasteiger partial charge in [-0.15, -0.1) is 0 Å². The van der Waals surface area contributed by atoms with Crippen LogP contribution in [0.3, 0.4) is 0 Å². The average Bonchev–Trinajstić information content (AvgIpc) is 2.72. The largest absolute Gasteiger partial charge is 0.350 e. The highest BCUT2D eigenvalue weighted by Crippen LogP contribution is 2.20. The van der Waals surface area contributed by atoms with Crippen molar-refractivity contribution in [2.24, 2.45) is 13.0 Å². The van der Waals surface area contributed by atoms with Crippen molar-refractivity contribution in [3.05, 3.63) is 36.0 Å². The normalized spacial score (nSPS) is 11.6. The van der Waals surface area contributed by atoms with Crippen LogP contribution >= 0.6 is 0 Å². The first-order chi connectivity index (χ1) is 8.76. The number of hydrogen-bond acceptors (Lipinski definition) is 1. The van der Waals surface area contributed by atoms with Crippen molar-refractivity contribution >= 4 is 10.9 Å². The van der Waals surface area contributed by atoms with Crippen LogP contribution in [-0.4, -0.2) is 11.1 Å². The lowest BCUT2D eigenvalue weighted by atomic mass is 10.0. The maximum atomic E-state index is 3.60. The molecule has 0 amide bonds. The molecule has 2 heteroatoms. The van der Waals surface area contributed by atoms with Gasteiger partial charge in [-0.3, -0.25) is 0 Å². The molecule has 98 valence electrons. The standard InChI is InChI=1S/C16H24N2/c1-4-13(5-2)10-17-11-14-12-18(3)16-9-7-6-8-15(14)16/h6-9,12-13,17H,4-5,10-11H2,1-3H3. The van der Waals surface area contributed by atoms with Crippen molar-refractivity contribution in [3.8, 4) is 0 Å². The van der Waals surface area contributed by atoms with Crippen LogP contribution in [-0.2, 0) is 13.6 Å². The topological polar surface area (TPSA) is 17.0 Å². The van der Waals surface area contributed by atoms with Crippen LogP contribution < -0.4 is 5.32 Å². The molecule has 0 aliphatic heterocycles. The van der Waals surface area contributed by atoms with Crippen LogP contribution in [0.1, 0.15) is 32.3 Å². The number of rotatable bonds is 6. The molecule has 2 nitrogen and oxygen atoms in total. The molecule has 2 aromatic rings. The molecule has 0 saturated carbocycles. The first kappa shape index (κ1) is 13.2. The summed E-state index contributed by atoms with van der Waals surface area (Å²) >= 11 is 0. The number of nitrogens with zero attached hydrogens (tertiary/aromatic N) is 1. The highest BCUT2D eigenvalue weighted by Gasteiger charge is 2.06. The highest BCUT2D eigenvalue weighted by molar-refractivity contribution is 5.83. The molecule has 1 heterocycles. The van der Waals surface area contributed by atoms with Crippen molar-refractivity contribution in [1.29, 1.82) is 0 Å². The van der Waals surface area contributed by atoms with E-state index in [2.05, 4.69) is 61.2 Å². The lowest BCUT2D eigenvalue weighted by molar-refractivity contribution is 0.450. The second-order valence-electron chi connectivity index (χ2n) is 5.10. The maximum absolute atomic E-state index is 3.60. The number of benzene rings is 1. The summed E-state index contributed by atoms with van der Waals surface area (Å²) in [5, 5.41) is 4.97. The molecule has 2 rings (SSSR count). The Morgan fingerprint density at radius 3 is 2.61 bits per heavy atom. The third-order valence-electron chi connectivity index (χ3n) is 3.88. The van der Waals surface area contributed by atoms with Gasteiger partial charge in [-0.1, -0.05) is 44.9 Å². The molecular formula is C16H24N2. The van der Waals surface area contributed by atoms with Crippen LogP contribution in [0, 0.1) is 5.92 Å². The van der Waals surface area contributed by atoms with Crippen LogP contribution in [0.25, 0.3) is 10.9 Å².